The lowest BCUT2D eigenvalue weighted by Crippen LogP contribution is -2.36. The van der Waals surface area contributed by atoms with E-state index in [0.29, 0.717) is 16.5 Å². The van der Waals surface area contributed by atoms with Crippen molar-refractivity contribution < 1.29 is 19.2 Å². The highest BCUT2D eigenvalue weighted by Gasteiger charge is 2.38. The fraction of sp³-hybridized carbons (Fsp3) is 0.400. The number of carboxylic acid groups (broad SMARTS) is 1. The van der Waals surface area contributed by atoms with Crippen LogP contribution in [0.5, 0.6) is 0 Å². The Morgan fingerprint density at radius 2 is 2.44 bits per heavy atom. The van der Waals surface area contributed by atoms with E-state index in [1.807, 2.05) is 0 Å². The summed E-state index contributed by atoms with van der Waals surface area (Å²) < 4.78 is 5.33. The second-order valence-corrected chi connectivity index (χ2v) is 5.67. The number of hydrogen-bond donors (Lipinski definition) is 1. The number of aromatic nitrogens is 1. The molecule has 0 bridgehead atoms. The van der Waals surface area contributed by atoms with Gasteiger partial charge in [0.15, 0.2) is 0 Å². The summed E-state index contributed by atoms with van der Waals surface area (Å²) in [4.78, 5) is 23.7. The van der Waals surface area contributed by atoms with Crippen molar-refractivity contribution in [1.29, 1.82) is 0 Å². The first-order valence-corrected chi connectivity index (χ1v) is 6.42. The number of aliphatic carboxylic acids is 1. The summed E-state index contributed by atoms with van der Waals surface area (Å²) in [5.74, 6) is -0.776. The SMILES string of the molecule is Cc1cc(CC2SC(=S)N(CC(=O)O)C2=O)on1. The molecule has 6 nitrogen and oxygen atoms in total. The van der Waals surface area contributed by atoms with Crippen LogP contribution in [0.1, 0.15) is 11.5 Å². The highest BCUT2D eigenvalue weighted by Crippen LogP contribution is 2.29. The summed E-state index contributed by atoms with van der Waals surface area (Å²) in [5.41, 5.74) is 0.741. The number of rotatable bonds is 4. The molecule has 0 spiro atoms. The minimum atomic E-state index is -1.08. The van der Waals surface area contributed by atoms with E-state index >= 15 is 0 Å². The maximum atomic E-state index is 12.0. The van der Waals surface area contributed by atoms with Gasteiger partial charge in [0, 0.05) is 12.5 Å². The van der Waals surface area contributed by atoms with Gasteiger partial charge in [0.1, 0.15) is 16.6 Å². The van der Waals surface area contributed by atoms with E-state index in [1.54, 1.807) is 13.0 Å². The topological polar surface area (TPSA) is 83.6 Å². The molecule has 8 heteroatoms. The molecule has 1 unspecified atom stereocenters. The summed E-state index contributed by atoms with van der Waals surface area (Å²) in [6, 6.07) is 1.75. The van der Waals surface area contributed by atoms with Gasteiger partial charge in [-0.25, -0.2) is 0 Å². The molecule has 1 aromatic heterocycles. The Hall–Kier alpha value is -1.41. The number of nitrogens with zero attached hydrogens (tertiary/aromatic N) is 2. The van der Waals surface area contributed by atoms with Crippen LogP contribution in [0.3, 0.4) is 0 Å². The summed E-state index contributed by atoms with van der Waals surface area (Å²) in [5, 5.41) is 12.0. The highest BCUT2D eigenvalue weighted by atomic mass is 32.2. The van der Waals surface area contributed by atoms with E-state index < -0.39 is 17.8 Å². The third-order valence-corrected chi connectivity index (χ3v) is 3.95. The van der Waals surface area contributed by atoms with Crippen molar-refractivity contribution in [3.63, 3.8) is 0 Å². The molecule has 1 saturated heterocycles. The van der Waals surface area contributed by atoms with E-state index in [2.05, 4.69) is 5.16 Å². The van der Waals surface area contributed by atoms with Crippen LogP contribution in [0.2, 0.25) is 0 Å². The Morgan fingerprint density at radius 1 is 1.72 bits per heavy atom. The number of carbonyl (C=O) groups excluding carboxylic acids is 1. The van der Waals surface area contributed by atoms with Crippen LogP contribution in [0.4, 0.5) is 0 Å². The Balaban J connectivity index is 2.06. The summed E-state index contributed by atoms with van der Waals surface area (Å²) in [6.45, 7) is 1.40. The Morgan fingerprint density at radius 3 is 3.00 bits per heavy atom. The predicted octanol–water partition coefficient (Wildman–Crippen LogP) is 0.839. The van der Waals surface area contributed by atoms with E-state index in [0.717, 1.165) is 10.6 Å². The smallest absolute Gasteiger partial charge is 0.323 e. The molecule has 0 aliphatic carbocycles. The fourth-order valence-electron chi connectivity index (χ4n) is 1.60. The molecule has 18 heavy (non-hydrogen) atoms. The molecule has 1 aromatic rings. The number of hydrogen-bond acceptors (Lipinski definition) is 6. The van der Waals surface area contributed by atoms with Crippen LogP contribution in [0, 0.1) is 6.92 Å². The first-order chi connectivity index (χ1) is 8.47. The predicted molar refractivity (Wildman–Crippen MR) is 68.3 cm³/mol. The summed E-state index contributed by atoms with van der Waals surface area (Å²) in [6.07, 6.45) is 0.362. The van der Waals surface area contributed by atoms with Crippen molar-refractivity contribution in [2.45, 2.75) is 18.6 Å². The molecular formula is C10H10N2O4S2. The van der Waals surface area contributed by atoms with Gasteiger partial charge in [-0.15, -0.1) is 0 Å². The minimum absolute atomic E-state index is 0.290. The van der Waals surface area contributed by atoms with E-state index in [4.69, 9.17) is 21.8 Å². The van der Waals surface area contributed by atoms with Crippen molar-refractivity contribution >= 4 is 40.2 Å². The molecule has 96 valence electrons. The molecule has 0 saturated carbocycles. The molecule has 1 atom stereocenters. The van der Waals surface area contributed by atoms with E-state index in [-0.39, 0.29) is 5.91 Å². The second-order valence-electron chi connectivity index (χ2n) is 3.83. The Bertz CT molecular complexity index is 514. The molecule has 1 aliphatic rings. The van der Waals surface area contributed by atoms with Gasteiger partial charge in [-0.05, 0) is 6.92 Å². The lowest BCUT2D eigenvalue weighted by atomic mass is 10.2. The van der Waals surface area contributed by atoms with Crippen molar-refractivity contribution in [3.8, 4) is 0 Å². The zero-order valence-electron chi connectivity index (χ0n) is 9.45. The molecule has 2 rings (SSSR count). The lowest BCUT2D eigenvalue weighted by molar-refractivity contribution is -0.141. The van der Waals surface area contributed by atoms with Gasteiger partial charge >= 0.3 is 5.97 Å². The van der Waals surface area contributed by atoms with Gasteiger partial charge in [-0.3, -0.25) is 14.5 Å². The normalized spacial score (nSPS) is 19.6. The number of aryl methyl sites for hydroxylation is 1. The number of thioether (sulfide) groups is 1. The maximum absolute atomic E-state index is 12.0. The van der Waals surface area contributed by atoms with Crippen molar-refractivity contribution in [1.82, 2.24) is 10.1 Å². The van der Waals surface area contributed by atoms with Crippen LogP contribution in [-0.4, -0.2) is 43.2 Å². The summed E-state index contributed by atoms with van der Waals surface area (Å²) >= 11 is 6.18. The highest BCUT2D eigenvalue weighted by molar-refractivity contribution is 8.24. The molecule has 1 aliphatic heterocycles. The quantitative estimate of drug-likeness (QED) is 0.821. The van der Waals surface area contributed by atoms with Gasteiger partial charge in [0.2, 0.25) is 5.91 Å². The van der Waals surface area contributed by atoms with Crippen LogP contribution >= 0.6 is 24.0 Å². The van der Waals surface area contributed by atoms with Crippen molar-refractivity contribution in [2.75, 3.05) is 6.54 Å². The van der Waals surface area contributed by atoms with Crippen LogP contribution in [-0.2, 0) is 16.0 Å². The average molecular weight is 286 g/mol. The van der Waals surface area contributed by atoms with Gasteiger partial charge in [0.05, 0.1) is 10.9 Å². The standard InChI is InChI=1S/C10H10N2O4S2/c1-5-2-6(16-11-5)3-7-9(15)12(4-8(13)14)10(17)18-7/h2,7H,3-4H2,1H3,(H,13,14). The number of amides is 1. The number of carbonyl (C=O) groups is 2. The minimum Gasteiger partial charge on any atom is -0.480 e. The number of carboxylic acids is 1. The third-order valence-electron chi connectivity index (χ3n) is 2.36. The molecule has 1 amide bonds. The van der Waals surface area contributed by atoms with Gasteiger partial charge in [0.25, 0.3) is 0 Å². The lowest BCUT2D eigenvalue weighted by Gasteiger charge is -2.11. The molecule has 0 radical (unpaired) electrons. The second kappa shape index (κ2) is 5.07. The first-order valence-electron chi connectivity index (χ1n) is 5.13. The third kappa shape index (κ3) is 2.70. The summed E-state index contributed by atoms with van der Waals surface area (Å²) in [7, 11) is 0. The van der Waals surface area contributed by atoms with Crippen LogP contribution in [0.25, 0.3) is 0 Å². The van der Waals surface area contributed by atoms with Gasteiger partial charge in [-0.2, -0.15) is 0 Å². The Labute approximate surface area is 112 Å². The van der Waals surface area contributed by atoms with E-state index in [1.165, 1.54) is 11.8 Å². The number of thiocarbonyl (C=S) groups is 1. The molecular weight excluding hydrogens is 276 g/mol. The molecule has 2 heterocycles. The molecule has 1 N–H and O–H groups in total. The Kier molecular flexibility index (Phi) is 3.67. The largest absolute Gasteiger partial charge is 0.480 e. The van der Waals surface area contributed by atoms with E-state index in [9.17, 15) is 9.59 Å². The van der Waals surface area contributed by atoms with Crippen LogP contribution in [0.15, 0.2) is 10.6 Å². The zero-order valence-corrected chi connectivity index (χ0v) is 11.1. The molecule has 0 aromatic carbocycles. The van der Waals surface area contributed by atoms with Gasteiger partial charge in [-0.1, -0.05) is 29.1 Å². The zero-order chi connectivity index (χ0) is 13.3. The van der Waals surface area contributed by atoms with Crippen molar-refractivity contribution in [3.05, 3.63) is 17.5 Å². The van der Waals surface area contributed by atoms with Crippen molar-refractivity contribution in [2.24, 2.45) is 0 Å². The maximum Gasteiger partial charge on any atom is 0.323 e. The molecule has 1 fully saturated rings. The van der Waals surface area contributed by atoms with Gasteiger partial charge < -0.3 is 9.63 Å². The fourth-order valence-corrected chi connectivity index (χ4v) is 3.11. The van der Waals surface area contributed by atoms with Crippen LogP contribution < -0.4 is 0 Å². The first kappa shape index (κ1) is 13.0. The monoisotopic (exact) mass is 286 g/mol. The average Bonchev–Trinajstić information content (AvgIpc) is 2.78.